The van der Waals surface area contributed by atoms with E-state index in [1.807, 2.05) is 30.3 Å². The number of pyridine rings is 1. The van der Waals surface area contributed by atoms with Crippen molar-refractivity contribution in [1.82, 2.24) is 4.98 Å². The number of methoxy groups -OCH3 is 1. The van der Waals surface area contributed by atoms with Crippen LogP contribution in [0.25, 0.3) is 10.9 Å². The Morgan fingerprint density at radius 3 is 2.77 bits per heavy atom. The molecule has 7 heteroatoms. The molecule has 184 valence electrons. The molecule has 1 N–H and O–H groups in total. The van der Waals surface area contributed by atoms with Crippen molar-refractivity contribution < 1.29 is 27.5 Å². The Hall–Kier alpha value is -2.90. The summed E-state index contributed by atoms with van der Waals surface area (Å²) in [6.07, 6.45) is 0.00629. The van der Waals surface area contributed by atoms with Gasteiger partial charge in [-0.1, -0.05) is 24.3 Å². The lowest BCUT2D eigenvalue weighted by molar-refractivity contribution is -0.985. The molecule has 6 rings (SSSR count). The predicted octanol–water partition coefficient (Wildman–Crippen LogP) is 5.91. The van der Waals surface area contributed by atoms with E-state index in [4.69, 9.17) is 4.74 Å². The fourth-order valence-corrected chi connectivity index (χ4v) is 6.39. The second-order valence-electron chi connectivity index (χ2n) is 9.92. The summed E-state index contributed by atoms with van der Waals surface area (Å²) in [7, 11) is 1.59. The molecule has 4 heterocycles. The normalized spacial score (nSPS) is 27.1. The van der Waals surface area contributed by atoms with E-state index in [0.29, 0.717) is 22.7 Å². The number of ether oxygens (including phenoxy) is 1. The second-order valence-corrected chi connectivity index (χ2v) is 9.92. The fraction of sp³-hybridized carbons (Fsp3) is 0.393. The molecule has 2 aromatic carbocycles. The minimum absolute atomic E-state index is 0.222. The molecule has 3 saturated heterocycles. The fourth-order valence-electron chi connectivity index (χ4n) is 6.39. The van der Waals surface area contributed by atoms with Crippen LogP contribution in [0, 0.1) is 11.8 Å². The van der Waals surface area contributed by atoms with Crippen molar-refractivity contribution in [2.45, 2.75) is 37.7 Å². The quantitative estimate of drug-likeness (QED) is 0.350. The number of alkyl halides is 3. The summed E-state index contributed by atoms with van der Waals surface area (Å²) < 4.78 is 47.4. The average molecular weight is 484 g/mol. The van der Waals surface area contributed by atoms with Gasteiger partial charge in [0.15, 0.2) is 0 Å². The molecule has 1 aromatic heterocycles. The van der Waals surface area contributed by atoms with Crippen LogP contribution in [0.5, 0.6) is 5.75 Å². The number of hydrogen-bond acceptors (Lipinski definition) is 3. The first-order valence-corrected chi connectivity index (χ1v) is 12.0. The van der Waals surface area contributed by atoms with Crippen LogP contribution >= 0.6 is 0 Å². The van der Waals surface area contributed by atoms with Crippen molar-refractivity contribution in [1.29, 1.82) is 0 Å². The maximum absolute atomic E-state index is 13.9. The SMILES string of the molecule is C=C[C@H]1C[N@+]2(Cc3ccccc3C(F)(F)F)CC[C@H]1C[C@H]2[C@H](O)c1ccnc2ccc(OC)cc12. The Morgan fingerprint density at radius 1 is 1.23 bits per heavy atom. The first-order valence-electron chi connectivity index (χ1n) is 12.0. The lowest BCUT2D eigenvalue weighted by Gasteiger charge is -2.58. The molecular formula is C28H30F3N2O2+. The highest BCUT2D eigenvalue weighted by Crippen LogP contribution is 2.49. The zero-order valence-electron chi connectivity index (χ0n) is 19.7. The summed E-state index contributed by atoms with van der Waals surface area (Å²) in [5.74, 6) is 1.26. The number of fused-ring (bicyclic) bond motifs is 4. The van der Waals surface area contributed by atoms with Crippen LogP contribution in [0.15, 0.2) is 67.4 Å². The summed E-state index contributed by atoms with van der Waals surface area (Å²) in [6.45, 7) is 5.64. The van der Waals surface area contributed by atoms with Gasteiger partial charge in [0.2, 0.25) is 0 Å². The molecule has 0 radical (unpaired) electrons. The third kappa shape index (κ3) is 4.21. The number of halogens is 3. The molecule has 3 aliphatic rings. The molecule has 2 bridgehead atoms. The van der Waals surface area contributed by atoms with Crippen LogP contribution in [0.4, 0.5) is 13.2 Å². The van der Waals surface area contributed by atoms with Crippen molar-refractivity contribution in [2.24, 2.45) is 11.8 Å². The topological polar surface area (TPSA) is 42.4 Å². The zero-order valence-corrected chi connectivity index (χ0v) is 19.7. The minimum atomic E-state index is -4.42. The molecule has 0 unspecified atom stereocenters. The summed E-state index contributed by atoms with van der Waals surface area (Å²) in [6, 6.07) is 13.0. The number of quaternary nitrogens is 1. The number of piperidine rings is 3. The number of hydrogen-bond donors (Lipinski definition) is 1. The Morgan fingerprint density at radius 2 is 2.03 bits per heavy atom. The van der Waals surface area contributed by atoms with Crippen LogP contribution in [0.2, 0.25) is 0 Å². The van der Waals surface area contributed by atoms with E-state index in [1.54, 1.807) is 25.4 Å². The highest BCUT2D eigenvalue weighted by atomic mass is 19.4. The highest BCUT2D eigenvalue weighted by Gasteiger charge is 2.54. The maximum Gasteiger partial charge on any atom is 0.416 e. The summed E-state index contributed by atoms with van der Waals surface area (Å²) in [5, 5.41) is 12.6. The van der Waals surface area contributed by atoms with Gasteiger partial charge in [0.05, 0.1) is 31.3 Å². The zero-order chi connectivity index (χ0) is 24.8. The van der Waals surface area contributed by atoms with Crippen LogP contribution < -0.4 is 4.74 Å². The minimum Gasteiger partial charge on any atom is -0.497 e. The summed E-state index contributed by atoms with van der Waals surface area (Å²) in [5.41, 5.74) is 1.17. The highest BCUT2D eigenvalue weighted by molar-refractivity contribution is 5.83. The molecule has 3 fully saturated rings. The summed E-state index contributed by atoms with van der Waals surface area (Å²) >= 11 is 0. The van der Waals surface area contributed by atoms with Gasteiger partial charge in [-0.3, -0.25) is 4.98 Å². The van der Waals surface area contributed by atoms with E-state index < -0.39 is 17.8 Å². The molecule has 0 spiro atoms. The van der Waals surface area contributed by atoms with E-state index in [-0.39, 0.29) is 24.1 Å². The molecule has 0 saturated carbocycles. The van der Waals surface area contributed by atoms with E-state index in [2.05, 4.69) is 11.6 Å². The Bertz CT molecular complexity index is 1240. The van der Waals surface area contributed by atoms with Gasteiger partial charge in [0.1, 0.15) is 24.4 Å². The molecule has 5 atom stereocenters. The average Bonchev–Trinajstić information content (AvgIpc) is 2.87. The number of aromatic nitrogens is 1. The first-order chi connectivity index (χ1) is 16.8. The van der Waals surface area contributed by atoms with Crippen LogP contribution in [0.3, 0.4) is 0 Å². The number of rotatable bonds is 6. The van der Waals surface area contributed by atoms with Gasteiger partial charge in [0, 0.05) is 35.9 Å². The monoisotopic (exact) mass is 483 g/mol. The van der Waals surface area contributed by atoms with Crippen LogP contribution in [-0.4, -0.2) is 40.8 Å². The molecular weight excluding hydrogens is 453 g/mol. The number of aliphatic hydroxyl groups is 1. The molecule has 4 nitrogen and oxygen atoms in total. The van der Waals surface area contributed by atoms with Crippen molar-refractivity contribution in [3.05, 3.63) is 84.1 Å². The van der Waals surface area contributed by atoms with Gasteiger partial charge in [-0.25, -0.2) is 0 Å². The Kier molecular flexibility index (Phi) is 6.09. The van der Waals surface area contributed by atoms with E-state index in [1.165, 1.54) is 6.07 Å². The van der Waals surface area contributed by atoms with E-state index >= 15 is 0 Å². The molecule has 3 aliphatic heterocycles. The van der Waals surface area contributed by atoms with Gasteiger partial charge in [-0.2, -0.15) is 13.2 Å². The number of aliphatic hydroxyl groups excluding tert-OH is 1. The van der Waals surface area contributed by atoms with Crippen molar-refractivity contribution in [2.75, 3.05) is 20.2 Å². The van der Waals surface area contributed by atoms with E-state index in [9.17, 15) is 18.3 Å². The lowest BCUT2D eigenvalue weighted by Crippen LogP contribution is -2.67. The Balaban J connectivity index is 1.59. The number of nitrogens with zero attached hydrogens (tertiary/aromatic N) is 2. The predicted molar refractivity (Wildman–Crippen MR) is 129 cm³/mol. The second kappa shape index (κ2) is 8.95. The lowest BCUT2D eigenvalue weighted by atomic mass is 9.71. The molecule has 3 aromatic rings. The largest absolute Gasteiger partial charge is 0.497 e. The summed E-state index contributed by atoms with van der Waals surface area (Å²) in [4.78, 5) is 4.43. The third-order valence-electron chi connectivity index (χ3n) is 8.15. The molecule has 0 amide bonds. The van der Waals surface area contributed by atoms with Crippen LogP contribution in [-0.2, 0) is 12.7 Å². The van der Waals surface area contributed by atoms with Gasteiger partial charge >= 0.3 is 6.18 Å². The molecule has 0 aliphatic carbocycles. The first kappa shape index (κ1) is 23.8. The van der Waals surface area contributed by atoms with Crippen molar-refractivity contribution >= 4 is 10.9 Å². The third-order valence-corrected chi connectivity index (χ3v) is 8.15. The van der Waals surface area contributed by atoms with Crippen molar-refractivity contribution in [3.8, 4) is 5.75 Å². The Labute approximate surface area is 203 Å². The van der Waals surface area contributed by atoms with Gasteiger partial charge in [-0.15, -0.1) is 6.58 Å². The standard InChI is InChI=1S/C28H30F3N2O2/c1-3-18-16-33(17-20-6-4-5-7-24(20)28(29,30)31)13-11-19(18)14-26(33)27(34)22-10-12-32-25-9-8-21(35-2)15-23(22)25/h3-10,12,15,18-19,26-27,34H,1,11,13-14,16-17H2,2H3/q+1/t18-,19-,26-,27+,33-/m0/s1. The van der Waals surface area contributed by atoms with Gasteiger partial charge < -0.3 is 14.3 Å². The van der Waals surface area contributed by atoms with Crippen LogP contribution in [0.1, 0.15) is 35.6 Å². The molecule has 35 heavy (non-hydrogen) atoms. The smallest absolute Gasteiger partial charge is 0.416 e. The van der Waals surface area contributed by atoms with E-state index in [0.717, 1.165) is 41.9 Å². The van der Waals surface area contributed by atoms with Gasteiger partial charge in [-0.05, 0) is 41.8 Å². The number of benzene rings is 2. The van der Waals surface area contributed by atoms with Crippen molar-refractivity contribution in [3.63, 3.8) is 0 Å². The van der Waals surface area contributed by atoms with Gasteiger partial charge in [0.25, 0.3) is 0 Å². The maximum atomic E-state index is 13.9.